The van der Waals surface area contributed by atoms with Gasteiger partial charge < -0.3 is 10.6 Å². The molecule has 0 spiro atoms. The molecule has 0 bridgehead atoms. The summed E-state index contributed by atoms with van der Waals surface area (Å²) in [7, 11) is 0. The third kappa shape index (κ3) is 2.15. The zero-order valence-corrected chi connectivity index (χ0v) is 9.66. The highest BCUT2D eigenvalue weighted by Crippen LogP contribution is 2.25. The molecular weight excluding hydrogens is 184 g/mol. The number of benzene rings is 1. The van der Waals surface area contributed by atoms with E-state index in [4.69, 9.17) is 5.73 Å². The smallest absolute Gasteiger partial charge is 0.0398 e. The Morgan fingerprint density at radius 1 is 1.20 bits per heavy atom. The Kier molecular flexibility index (Phi) is 2.96. The van der Waals surface area contributed by atoms with E-state index >= 15 is 0 Å². The van der Waals surface area contributed by atoms with Gasteiger partial charge in [-0.15, -0.1) is 0 Å². The van der Waals surface area contributed by atoms with Gasteiger partial charge in [0.2, 0.25) is 0 Å². The Balaban J connectivity index is 2.19. The molecule has 0 saturated carbocycles. The molecule has 15 heavy (non-hydrogen) atoms. The van der Waals surface area contributed by atoms with Crippen LogP contribution in [0.25, 0.3) is 0 Å². The molecule has 2 nitrogen and oxygen atoms in total. The molecule has 1 aliphatic heterocycles. The highest BCUT2D eigenvalue weighted by Gasteiger charge is 2.17. The third-order valence-electron chi connectivity index (χ3n) is 3.46. The maximum absolute atomic E-state index is 5.92. The van der Waals surface area contributed by atoms with Crippen LogP contribution in [0.5, 0.6) is 0 Å². The molecular formula is C13H20N2. The van der Waals surface area contributed by atoms with Crippen molar-refractivity contribution in [2.45, 2.75) is 32.7 Å². The molecule has 2 rings (SSSR count). The normalized spacial score (nSPS) is 18.2. The van der Waals surface area contributed by atoms with Gasteiger partial charge in [-0.3, -0.25) is 0 Å². The van der Waals surface area contributed by atoms with Crippen molar-refractivity contribution in [1.29, 1.82) is 0 Å². The summed E-state index contributed by atoms with van der Waals surface area (Å²) < 4.78 is 0. The lowest BCUT2D eigenvalue weighted by Gasteiger charge is -2.33. The van der Waals surface area contributed by atoms with Crippen LogP contribution in [0.15, 0.2) is 18.2 Å². The summed E-state index contributed by atoms with van der Waals surface area (Å²) in [5.74, 6) is 0. The van der Waals surface area contributed by atoms with E-state index in [0.717, 1.165) is 25.9 Å². The number of aryl methyl sites for hydroxylation is 1. The number of anilines is 1. The number of piperidine rings is 1. The van der Waals surface area contributed by atoms with E-state index in [0.29, 0.717) is 6.04 Å². The van der Waals surface area contributed by atoms with E-state index in [1.807, 2.05) is 0 Å². The van der Waals surface area contributed by atoms with E-state index in [2.05, 4.69) is 36.9 Å². The minimum Gasteiger partial charge on any atom is -0.371 e. The molecule has 1 fully saturated rings. The predicted octanol–water partition coefficient (Wildman–Crippen LogP) is 2.23. The fourth-order valence-electron chi connectivity index (χ4n) is 2.22. The van der Waals surface area contributed by atoms with Gasteiger partial charge in [0.05, 0.1) is 0 Å². The molecule has 0 aromatic heterocycles. The van der Waals surface area contributed by atoms with Gasteiger partial charge in [-0.25, -0.2) is 0 Å². The van der Waals surface area contributed by atoms with E-state index in [1.54, 1.807) is 0 Å². The number of hydrogen-bond donors (Lipinski definition) is 1. The summed E-state index contributed by atoms with van der Waals surface area (Å²) in [6.07, 6.45) is 2.24. The standard InChI is InChI=1S/C13H20N2/c1-10-4-3-5-13(11(10)2)15-8-6-12(14)7-9-15/h3-5,12H,6-9,14H2,1-2H3. The monoisotopic (exact) mass is 204 g/mol. The number of rotatable bonds is 1. The van der Waals surface area contributed by atoms with Crippen LogP contribution < -0.4 is 10.6 Å². The minimum atomic E-state index is 0.409. The molecule has 1 saturated heterocycles. The van der Waals surface area contributed by atoms with E-state index in [9.17, 15) is 0 Å². The summed E-state index contributed by atoms with van der Waals surface area (Å²) in [4.78, 5) is 2.46. The first kappa shape index (κ1) is 10.5. The van der Waals surface area contributed by atoms with Crippen LogP contribution in [0.3, 0.4) is 0 Å². The van der Waals surface area contributed by atoms with Gasteiger partial charge >= 0.3 is 0 Å². The third-order valence-corrected chi connectivity index (χ3v) is 3.46. The highest BCUT2D eigenvalue weighted by atomic mass is 15.1. The topological polar surface area (TPSA) is 29.3 Å². The van der Waals surface area contributed by atoms with Gasteiger partial charge in [0.25, 0.3) is 0 Å². The molecule has 0 unspecified atom stereocenters. The van der Waals surface area contributed by atoms with Crippen LogP contribution in [0.1, 0.15) is 24.0 Å². The Bertz CT molecular complexity index is 338. The van der Waals surface area contributed by atoms with Crippen molar-refractivity contribution in [2.24, 2.45) is 5.73 Å². The Morgan fingerprint density at radius 3 is 2.53 bits per heavy atom. The first-order valence-electron chi connectivity index (χ1n) is 5.75. The molecule has 1 heterocycles. The molecule has 1 aromatic carbocycles. The van der Waals surface area contributed by atoms with Gasteiger partial charge in [-0.2, -0.15) is 0 Å². The number of nitrogens with zero attached hydrogens (tertiary/aromatic N) is 1. The molecule has 0 amide bonds. The largest absolute Gasteiger partial charge is 0.371 e. The maximum Gasteiger partial charge on any atom is 0.0398 e. The maximum atomic E-state index is 5.92. The summed E-state index contributed by atoms with van der Waals surface area (Å²) in [5.41, 5.74) is 10.1. The molecule has 0 aliphatic carbocycles. The highest BCUT2D eigenvalue weighted by molar-refractivity contribution is 5.56. The Hall–Kier alpha value is -1.02. The summed E-state index contributed by atoms with van der Waals surface area (Å²) in [6.45, 7) is 6.59. The summed E-state index contributed by atoms with van der Waals surface area (Å²) in [6, 6.07) is 6.95. The van der Waals surface area contributed by atoms with E-state index in [1.165, 1.54) is 16.8 Å². The van der Waals surface area contributed by atoms with Gasteiger partial charge in [0.15, 0.2) is 0 Å². The Labute approximate surface area is 92.1 Å². The van der Waals surface area contributed by atoms with Crippen LogP contribution in [0.4, 0.5) is 5.69 Å². The zero-order chi connectivity index (χ0) is 10.8. The van der Waals surface area contributed by atoms with Crippen molar-refractivity contribution < 1.29 is 0 Å². The van der Waals surface area contributed by atoms with Gasteiger partial charge in [0.1, 0.15) is 0 Å². The van der Waals surface area contributed by atoms with Crippen molar-refractivity contribution >= 4 is 5.69 Å². The van der Waals surface area contributed by atoms with Crippen molar-refractivity contribution in [2.75, 3.05) is 18.0 Å². The van der Waals surface area contributed by atoms with Crippen LogP contribution in [0, 0.1) is 13.8 Å². The van der Waals surface area contributed by atoms with Crippen LogP contribution in [-0.2, 0) is 0 Å². The quantitative estimate of drug-likeness (QED) is 0.760. The van der Waals surface area contributed by atoms with E-state index < -0.39 is 0 Å². The van der Waals surface area contributed by atoms with Crippen molar-refractivity contribution in [3.05, 3.63) is 29.3 Å². The SMILES string of the molecule is Cc1cccc(N2CCC(N)CC2)c1C. The van der Waals surface area contributed by atoms with Crippen LogP contribution in [-0.4, -0.2) is 19.1 Å². The van der Waals surface area contributed by atoms with Crippen molar-refractivity contribution in [1.82, 2.24) is 0 Å². The number of hydrogen-bond acceptors (Lipinski definition) is 2. The van der Waals surface area contributed by atoms with Gasteiger partial charge in [0, 0.05) is 24.8 Å². The molecule has 1 aromatic rings. The predicted molar refractivity (Wildman–Crippen MR) is 65.3 cm³/mol. The average molecular weight is 204 g/mol. The molecule has 82 valence electrons. The first-order valence-corrected chi connectivity index (χ1v) is 5.75. The molecule has 0 radical (unpaired) electrons. The van der Waals surface area contributed by atoms with Crippen molar-refractivity contribution in [3.63, 3.8) is 0 Å². The fraction of sp³-hybridized carbons (Fsp3) is 0.538. The molecule has 1 aliphatic rings. The van der Waals surface area contributed by atoms with Gasteiger partial charge in [-0.05, 0) is 43.9 Å². The lowest BCUT2D eigenvalue weighted by molar-refractivity contribution is 0.501. The second-order valence-electron chi connectivity index (χ2n) is 4.54. The van der Waals surface area contributed by atoms with Crippen LogP contribution in [0.2, 0.25) is 0 Å². The average Bonchev–Trinajstić information content (AvgIpc) is 2.24. The minimum absolute atomic E-state index is 0.409. The summed E-state index contributed by atoms with van der Waals surface area (Å²) in [5, 5.41) is 0. The lowest BCUT2D eigenvalue weighted by atomic mass is 10.0. The molecule has 2 N–H and O–H groups in total. The zero-order valence-electron chi connectivity index (χ0n) is 9.66. The van der Waals surface area contributed by atoms with E-state index in [-0.39, 0.29) is 0 Å². The molecule has 2 heteroatoms. The Morgan fingerprint density at radius 2 is 1.87 bits per heavy atom. The van der Waals surface area contributed by atoms with Gasteiger partial charge in [-0.1, -0.05) is 12.1 Å². The lowest BCUT2D eigenvalue weighted by Crippen LogP contribution is -2.40. The van der Waals surface area contributed by atoms with Crippen LogP contribution >= 0.6 is 0 Å². The molecule has 0 atom stereocenters. The fourth-order valence-corrected chi connectivity index (χ4v) is 2.22. The first-order chi connectivity index (χ1) is 7.18. The summed E-state index contributed by atoms with van der Waals surface area (Å²) >= 11 is 0. The second-order valence-corrected chi connectivity index (χ2v) is 4.54. The second kappa shape index (κ2) is 4.23. The van der Waals surface area contributed by atoms with Crippen molar-refractivity contribution in [3.8, 4) is 0 Å². The number of nitrogens with two attached hydrogens (primary N) is 1.